The summed E-state index contributed by atoms with van der Waals surface area (Å²) in [5.41, 5.74) is 5.21. The molecule has 1 saturated heterocycles. The van der Waals surface area contributed by atoms with Crippen molar-refractivity contribution in [1.82, 2.24) is 23.5 Å². The summed E-state index contributed by atoms with van der Waals surface area (Å²) in [5.74, 6) is -0.287. The molecule has 218 valence electrons. The Kier molecular flexibility index (Phi) is 8.40. The third kappa shape index (κ3) is 5.50. The first kappa shape index (κ1) is 29.7. The van der Waals surface area contributed by atoms with Gasteiger partial charge in [-0.3, -0.25) is 4.79 Å². The summed E-state index contributed by atoms with van der Waals surface area (Å²) < 4.78 is 79.5. The Labute approximate surface area is 229 Å². The summed E-state index contributed by atoms with van der Waals surface area (Å²) >= 11 is 0. The van der Waals surface area contributed by atoms with E-state index in [2.05, 4.69) is 9.97 Å². The quantitative estimate of drug-likeness (QED) is 0.426. The van der Waals surface area contributed by atoms with Crippen molar-refractivity contribution in [2.75, 3.05) is 46.4 Å². The number of aromatic nitrogens is 2. The predicted octanol–water partition coefficient (Wildman–Crippen LogP) is 3.28. The van der Waals surface area contributed by atoms with Crippen molar-refractivity contribution in [2.24, 2.45) is 5.73 Å². The molecule has 1 fully saturated rings. The number of pyridine rings is 1. The second-order valence-electron chi connectivity index (χ2n) is 9.21. The van der Waals surface area contributed by atoms with Gasteiger partial charge in [0.25, 0.3) is 16.1 Å². The number of benzene rings is 1. The highest BCUT2D eigenvalue weighted by Gasteiger charge is 2.36. The topological polar surface area (TPSA) is 135 Å². The van der Waals surface area contributed by atoms with Gasteiger partial charge in [-0.1, -0.05) is 13.8 Å². The summed E-state index contributed by atoms with van der Waals surface area (Å²) in [6.07, 6.45) is -4.66. The minimum absolute atomic E-state index is 0.0207. The molecule has 0 unspecified atom stereocenters. The van der Waals surface area contributed by atoms with Crippen LogP contribution >= 0.6 is 0 Å². The number of hydrogen-bond donors (Lipinski definition) is 1. The molecule has 0 saturated carbocycles. The lowest BCUT2D eigenvalue weighted by Crippen LogP contribution is -2.54. The van der Waals surface area contributed by atoms with Crippen LogP contribution in [0.4, 0.5) is 13.2 Å². The minimum atomic E-state index is -4.66. The first-order valence-electron chi connectivity index (χ1n) is 12.7. The third-order valence-electron chi connectivity index (χ3n) is 6.71. The number of carbonyl (C=O) groups is 1. The van der Waals surface area contributed by atoms with Gasteiger partial charge in [0.1, 0.15) is 17.0 Å². The number of nitrogens with zero attached hydrogens (tertiary/aromatic N) is 5. The van der Waals surface area contributed by atoms with Gasteiger partial charge >= 0.3 is 6.18 Å². The zero-order valence-electron chi connectivity index (χ0n) is 22.5. The Bertz CT molecular complexity index is 1500. The van der Waals surface area contributed by atoms with E-state index in [0.717, 1.165) is 6.07 Å². The number of piperazine rings is 1. The number of halogens is 3. The fourth-order valence-corrected chi connectivity index (χ4v) is 6.20. The molecule has 2 N–H and O–H groups in total. The third-order valence-corrected chi connectivity index (χ3v) is 8.90. The van der Waals surface area contributed by atoms with Crippen molar-refractivity contribution in [3.05, 3.63) is 41.4 Å². The molecule has 0 bridgehead atoms. The van der Waals surface area contributed by atoms with Crippen molar-refractivity contribution in [2.45, 2.75) is 33.0 Å². The number of ether oxygens (including phenoxy) is 1. The summed E-state index contributed by atoms with van der Waals surface area (Å²) in [7, 11) is -2.32. The van der Waals surface area contributed by atoms with Crippen LogP contribution in [0.1, 0.15) is 48.8 Å². The predicted molar refractivity (Wildman–Crippen MR) is 141 cm³/mol. The normalized spacial score (nSPS) is 16.1. The van der Waals surface area contributed by atoms with Crippen LogP contribution in [0.25, 0.3) is 22.4 Å². The molecule has 1 aliphatic heterocycles. The van der Waals surface area contributed by atoms with E-state index in [-0.39, 0.29) is 60.2 Å². The molecule has 4 rings (SSSR count). The minimum Gasteiger partial charge on any atom is -0.494 e. The number of fused-ring (bicyclic) bond motifs is 1. The molecule has 2 aromatic heterocycles. The summed E-state index contributed by atoms with van der Waals surface area (Å²) in [6, 6.07) is 4.35. The number of hydrogen-bond acceptors (Lipinski definition) is 8. The summed E-state index contributed by atoms with van der Waals surface area (Å²) in [5, 5.41) is 0.277. The van der Waals surface area contributed by atoms with Gasteiger partial charge in [-0.05, 0) is 31.2 Å². The number of amides is 1. The highest BCUT2D eigenvalue weighted by atomic mass is 32.2. The molecule has 1 aromatic carbocycles. The zero-order chi connectivity index (χ0) is 29.4. The molecular formula is C25H31F3N6O5S. The van der Waals surface area contributed by atoms with E-state index >= 15 is 0 Å². The van der Waals surface area contributed by atoms with Crippen molar-refractivity contribution < 1.29 is 35.5 Å². The molecule has 0 radical (unpaired) electrons. The highest BCUT2D eigenvalue weighted by molar-refractivity contribution is 7.86. The monoisotopic (exact) mass is 584 g/mol. The summed E-state index contributed by atoms with van der Waals surface area (Å²) in [6.45, 7) is 6.29. The maximum absolute atomic E-state index is 13.5. The molecule has 3 aromatic rings. The van der Waals surface area contributed by atoms with E-state index in [1.54, 1.807) is 26.8 Å². The van der Waals surface area contributed by atoms with Gasteiger partial charge < -0.3 is 19.8 Å². The Hall–Kier alpha value is -3.27. The molecule has 1 atom stereocenters. The largest absolute Gasteiger partial charge is 0.494 e. The highest BCUT2D eigenvalue weighted by Crippen LogP contribution is 2.37. The van der Waals surface area contributed by atoms with Crippen molar-refractivity contribution >= 4 is 27.0 Å². The maximum Gasteiger partial charge on any atom is 0.433 e. The Morgan fingerprint density at radius 2 is 1.77 bits per heavy atom. The second kappa shape index (κ2) is 11.3. The number of nitrogens with two attached hydrogens (primary N) is 1. The molecule has 0 spiro atoms. The van der Waals surface area contributed by atoms with E-state index in [0.29, 0.717) is 18.7 Å². The first-order valence-corrected chi connectivity index (χ1v) is 14.1. The van der Waals surface area contributed by atoms with Crippen molar-refractivity contribution in [3.63, 3.8) is 0 Å². The van der Waals surface area contributed by atoms with E-state index < -0.39 is 34.0 Å². The maximum atomic E-state index is 13.5. The molecule has 0 aliphatic carbocycles. The molecule has 40 heavy (non-hydrogen) atoms. The van der Waals surface area contributed by atoms with Crippen LogP contribution in [0.5, 0.6) is 5.75 Å². The van der Waals surface area contributed by atoms with Gasteiger partial charge in [0.05, 0.1) is 13.2 Å². The van der Waals surface area contributed by atoms with Crippen LogP contribution in [0, 0.1) is 0 Å². The molecule has 11 nitrogen and oxygen atoms in total. The smallest absolute Gasteiger partial charge is 0.433 e. The Morgan fingerprint density at radius 3 is 2.33 bits per heavy atom. The molecule has 1 amide bonds. The lowest BCUT2D eigenvalue weighted by Gasteiger charge is -2.36. The number of rotatable bonds is 8. The van der Waals surface area contributed by atoms with Crippen LogP contribution in [-0.4, -0.2) is 84.2 Å². The lowest BCUT2D eigenvalue weighted by atomic mass is 10.1. The van der Waals surface area contributed by atoms with Crippen LogP contribution in [0.2, 0.25) is 0 Å². The van der Waals surface area contributed by atoms with Gasteiger partial charge in [-0.15, -0.1) is 0 Å². The van der Waals surface area contributed by atoms with Crippen LogP contribution < -0.4 is 10.5 Å². The zero-order valence-corrected chi connectivity index (χ0v) is 23.3. The summed E-state index contributed by atoms with van der Waals surface area (Å²) in [4.78, 5) is 23.1. The van der Waals surface area contributed by atoms with E-state index in [1.165, 1.54) is 32.8 Å². The van der Waals surface area contributed by atoms with Gasteiger partial charge in [-0.25, -0.2) is 9.97 Å². The standard InChI is InChI=1S/C25H31F3N6O5S/c1-5-33(6-2)40(36,37)34-13-11-32(12-14-34)24(35)21-22(15(3)29)39-23(31-21)17-7-9-18(38-4)20-16(17)8-10-19(30-20)25(26,27)28/h7-10,15H,5-6,11-14,29H2,1-4H3/t15-/m0/s1. The number of oxazole rings is 1. The van der Waals surface area contributed by atoms with Crippen LogP contribution in [-0.2, 0) is 16.4 Å². The Morgan fingerprint density at radius 1 is 1.12 bits per heavy atom. The molecular weight excluding hydrogens is 553 g/mol. The van der Waals surface area contributed by atoms with E-state index in [9.17, 15) is 26.4 Å². The average Bonchev–Trinajstić information content (AvgIpc) is 3.37. The number of carbonyl (C=O) groups excluding carboxylic acids is 1. The van der Waals surface area contributed by atoms with Crippen LogP contribution in [0.15, 0.2) is 28.7 Å². The fraction of sp³-hybridized carbons (Fsp3) is 0.480. The van der Waals surface area contributed by atoms with E-state index in [1.807, 2.05) is 0 Å². The van der Waals surface area contributed by atoms with Gasteiger partial charge in [0, 0.05) is 50.2 Å². The van der Waals surface area contributed by atoms with Crippen molar-refractivity contribution in [3.8, 4) is 17.2 Å². The number of alkyl halides is 3. The Balaban J connectivity index is 1.67. The second-order valence-corrected chi connectivity index (χ2v) is 11.1. The molecule has 1 aliphatic rings. The lowest BCUT2D eigenvalue weighted by molar-refractivity contribution is -0.140. The van der Waals surface area contributed by atoms with Crippen LogP contribution in [0.3, 0.4) is 0 Å². The average molecular weight is 585 g/mol. The van der Waals surface area contributed by atoms with Gasteiger partial charge in [0.2, 0.25) is 5.89 Å². The van der Waals surface area contributed by atoms with Crippen molar-refractivity contribution in [1.29, 1.82) is 0 Å². The molecule has 15 heteroatoms. The fourth-order valence-electron chi connectivity index (χ4n) is 4.59. The first-order chi connectivity index (χ1) is 18.8. The van der Waals surface area contributed by atoms with E-state index in [4.69, 9.17) is 14.9 Å². The molecule has 3 heterocycles. The van der Waals surface area contributed by atoms with Gasteiger partial charge in [-0.2, -0.15) is 30.2 Å². The number of methoxy groups -OCH3 is 1. The SMILES string of the molecule is CCN(CC)S(=O)(=O)N1CCN(C(=O)c2nc(-c3ccc(OC)c4nc(C(F)(F)F)ccc34)oc2[C@H](C)N)CC1. The van der Waals surface area contributed by atoms with Gasteiger partial charge in [0.15, 0.2) is 11.5 Å².